The quantitative estimate of drug-likeness (QED) is 0.468. The van der Waals surface area contributed by atoms with Gasteiger partial charge < -0.3 is 4.74 Å². The molecule has 0 aromatic carbocycles. The molecule has 2 rings (SSSR count). The molecular weight excluding hydrogens is 180 g/mol. The lowest BCUT2D eigenvalue weighted by Gasteiger charge is -2.15. The topological polar surface area (TPSA) is 43.4 Å². The molecule has 0 radical (unpaired) electrons. The van der Waals surface area contributed by atoms with E-state index in [2.05, 4.69) is 10.8 Å². The maximum atomic E-state index is 11.3. The molecule has 2 atom stereocenters. The monoisotopic (exact) mass is 192 g/mol. The largest absolute Gasteiger partial charge is 0.392 e. The molecule has 0 spiro atoms. The molecular formula is C11H12O3. The van der Waals surface area contributed by atoms with E-state index in [4.69, 9.17) is 0 Å². The summed E-state index contributed by atoms with van der Waals surface area (Å²) < 4.78 is 4.58. The molecule has 0 saturated carbocycles. The molecule has 3 heteroatoms. The number of hydrogen-bond donors (Lipinski definition) is 0. The lowest BCUT2D eigenvalue weighted by molar-refractivity contribution is -0.153. The van der Waals surface area contributed by atoms with Gasteiger partial charge in [-0.15, -0.1) is 0 Å². The van der Waals surface area contributed by atoms with Crippen LogP contribution in [-0.4, -0.2) is 11.9 Å². The fraction of sp³-hybridized carbons (Fsp3) is 0.455. The van der Waals surface area contributed by atoms with Gasteiger partial charge in [0.15, 0.2) is 0 Å². The normalized spacial score (nSPS) is 33.4. The lowest BCUT2D eigenvalue weighted by atomic mass is 9.83. The van der Waals surface area contributed by atoms with Crippen LogP contribution in [0.2, 0.25) is 0 Å². The molecule has 14 heavy (non-hydrogen) atoms. The summed E-state index contributed by atoms with van der Waals surface area (Å²) in [5, 5.41) is 0. The van der Waals surface area contributed by atoms with Crippen molar-refractivity contribution in [3.05, 3.63) is 23.8 Å². The Kier molecular flexibility index (Phi) is 2.23. The summed E-state index contributed by atoms with van der Waals surface area (Å²) in [6, 6.07) is 0. The van der Waals surface area contributed by atoms with E-state index in [9.17, 15) is 9.59 Å². The first kappa shape index (κ1) is 9.19. The highest BCUT2D eigenvalue weighted by molar-refractivity contribution is 5.98. The zero-order chi connectivity index (χ0) is 10.1. The number of rotatable bonds is 1. The van der Waals surface area contributed by atoms with Crippen LogP contribution in [0.15, 0.2) is 23.8 Å². The second-order valence-corrected chi connectivity index (χ2v) is 3.62. The fourth-order valence-corrected chi connectivity index (χ4v) is 1.94. The summed E-state index contributed by atoms with van der Waals surface area (Å²) in [5.41, 5.74) is 1.13. The van der Waals surface area contributed by atoms with Gasteiger partial charge in [-0.3, -0.25) is 9.59 Å². The summed E-state index contributed by atoms with van der Waals surface area (Å²) in [7, 11) is 0. The Morgan fingerprint density at radius 1 is 1.50 bits per heavy atom. The van der Waals surface area contributed by atoms with E-state index in [1.165, 1.54) is 0 Å². The zero-order valence-corrected chi connectivity index (χ0v) is 8.03. The van der Waals surface area contributed by atoms with Crippen molar-refractivity contribution in [1.82, 2.24) is 0 Å². The van der Waals surface area contributed by atoms with Gasteiger partial charge in [0.2, 0.25) is 0 Å². The minimum absolute atomic E-state index is 0.273. The predicted octanol–water partition coefficient (Wildman–Crippen LogP) is 1.60. The molecule has 0 amide bonds. The maximum Gasteiger partial charge on any atom is 0.321 e. The molecule has 0 aromatic rings. The third-order valence-electron chi connectivity index (χ3n) is 2.65. The van der Waals surface area contributed by atoms with Crippen molar-refractivity contribution in [3.8, 4) is 0 Å². The Labute approximate surface area is 82.4 Å². The number of esters is 2. The van der Waals surface area contributed by atoms with Crippen LogP contribution in [0.4, 0.5) is 0 Å². The van der Waals surface area contributed by atoms with E-state index in [0.717, 1.165) is 12.0 Å². The van der Waals surface area contributed by atoms with Crippen LogP contribution in [0.1, 0.15) is 19.8 Å². The van der Waals surface area contributed by atoms with Gasteiger partial charge >= 0.3 is 11.9 Å². The van der Waals surface area contributed by atoms with Crippen LogP contribution in [0.5, 0.6) is 0 Å². The number of carbonyl (C=O) groups is 2. The van der Waals surface area contributed by atoms with E-state index in [1.54, 1.807) is 6.08 Å². The third-order valence-corrected chi connectivity index (χ3v) is 2.65. The summed E-state index contributed by atoms with van der Waals surface area (Å²) in [6.07, 6.45) is 7.36. The molecule has 3 nitrogen and oxygen atoms in total. The van der Waals surface area contributed by atoms with Crippen molar-refractivity contribution in [3.63, 3.8) is 0 Å². The van der Waals surface area contributed by atoms with Crippen LogP contribution >= 0.6 is 0 Å². The molecule has 1 aliphatic heterocycles. The lowest BCUT2D eigenvalue weighted by Crippen LogP contribution is -2.19. The molecule has 2 unspecified atom stereocenters. The van der Waals surface area contributed by atoms with Crippen molar-refractivity contribution in [2.75, 3.05) is 0 Å². The van der Waals surface area contributed by atoms with Crippen LogP contribution in [0.25, 0.3) is 0 Å². The first-order valence-electron chi connectivity index (χ1n) is 4.85. The van der Waals surface area contributed by atoms with E-state index in [-0.39, 0.29) is 17.8 Å². The Morgan fingerprint density at radius 3 is 3.00 bits per heavy atom. The van der Waals surface area contributed by atoms with Crippen molar-refractivity contribution < 1.29 is 14.3 Å². The zero-order valence-electron chi connectivity index (χ0n) is 8.03. The van der Waals surface area contributed by atoms with Gasteiger partial charge in [-0.25, -0.2) is 0 Å². The van der Waals surface area contributed by atoms with Crippen molar-refractivity contribution in [2.45, 2.75) is 19.8 Å². The number of carbonyl (C=O) groups excluding carboxylic acids is 2. The minimum Gasteiger partial charge on any atom is -0.392 e. The minimum atomic E-state index is -0.396. The van der Waals surface area contributed by atoms with Crippen molar-refractivity contribution in [2.24, 2.45) is 11.8 Å². The summed E-state index contributed by atoms with van der Waals surface area (Å²) in [6.45, 7) is 2.05. The SMILES string of the molecule is CC/C=C1/C=CC2C(=O)OC(=O)C2C1. The summed E-state index contributed by atoms with van der Waals surface area (Å²) >= 11 is 0. The van der Waals surface area contributed by atoms with Gasteiger partial charge in [-0.2, -0.15) is 0 Å². The number of fused-ring (bicyclic) bond motifs is 1. The highest BCUT2D eigenvalue weighted by Crippen LogP contribution is 2.34. The fourth-order valence-electron chi connectivity index (χ4n) is 1.94. The molecule has 0 N–H and O–H groups in total. The number of hydrogen-bond acceptors (Lipinski definition) is 3. The molecule has 1 heterocycles. The van der Waals surface area contributed by atoms with Gasteiger partial charge in [0.1, 0.15) is 0 Å². The predicted molar refractivity (Wildman–Crippen MR) is 50.2 cm³/mol. The van der Waals surface area contributed by atoms with Gasteiger partial charge in [0.25, 0.3) is 0 Å². The maximum absolute atomic E-state index is 11.3. The second-order valence-electron chi connectivity index (χ2n) is 3.62. The summed E-state index contributed by atoms with van der Waals surface area (Å²) in [4.78, 5) is 22.4. The second kappa shape index (κ2) is 3.40. The van der Waals surface area contributed by atoms with Crippen LogP contribution in [0.3, 0.4) is 0 Å². The average molecular weight is 192 g/mol. The molecule has 0 bridgehead atoms. The summed E-state index contributed by atoms with van der Waals surface area (Å²) in [5.74, 6) is -1.38. The number of ether oxygens (including phenoxy) is 1. The number of allylic oxidation sites excluding steroid dienone is 3. The average Bonchev–Trinajstić information content (AvgIpc) is 2.43. The Morgan fingerprint density at radius 2 is 2.29 bits per heavy atom. The first-order valence-corrected chi connectivity index (χ1v) is 4.85. The Bertz CT molecular complexity index is 338. The molecule has 1 aliphatic carbocycles. The van der Waals surface area contributed by atoms with E-state index in [1.807, 2.05) is 13.0 Å². The standard InChI is InChI=1S/C11H12O3/c1-2-3-7-4-5-8-9(6-7)11(13)14-10(8)12/h3-5,8-9H,2,6H2,1H3/b7-3-. The van der Waals surface area contributed by atoms with Crippen LogP contribution in [0, 0.1) is 11.8 Å². The number of cyclic esters (lactones) is 2. The molecule has 1 saturated heterocycles. The Hall–Kier alpha value is -1.38. The van der Waals surface area contributed by atoms with Crippen molar-refractivity contribution >= 4 is 11.9 Å². The van der Waals surface area contributed by atoms with Crippen LogP contribution < -0.4 is 0 Å². The van der Waals surface area contributed by atoms with Crippen molar-refractivity contribution in [1.29, 1.82) is 0 Å². The highest BCUT2D eigenvalue weighted by atomic mass is 16.6. The van der Waals surface area contributed by atoms with Gasteiger partial charge in [0.05, 0.1) is 11.8 Å². The molecule has 1 fully saturated rings. The highest BCUT2D eigenvalue weighted by Gasteiger charge is 2.44. The Balaban J connectivity index is 2.24. The van der Waals surface area contributed by atoms with Gasteiger partial charge in [-0.05, 0) is 12.8 Å². The first-order chi connectivity index (χ1) is 6.72. The van der Waals surface area contributed by atoms with Crippen LogP contribution in [-0.2, 0) is 14.3 Å². The smallest absolute Gasteiger partial charge is 0.321 e. The van der Waals surface area contributed by atoms with E-state index >= 15 is 0 Å². The molecule has 2 aliphatic rings. The van der Waals surface area contributed by atoms with Gasteiger partial charge in [-0.1, -0.05) is 30.7 Å². The third kappa shape index (κ3) is 1.39. The van der Waals surface area contributed by atoms with Gasteiger partial charge in [0, 0.05) is 0 Å². The molecule has 0 aromatic heterocycles. The van der Waals surface area contributed by atoms with E-state index in [0.29, 0.717) is 6.42 Å². The molecule has 74 valence electrons. The van der Waals surface area contributed by atoms with E-state index < -0.39 is 5.97 Å².